The van der Waals surface area contributed by atoms with Crippen LogP contribution < -0.4 is 10.1 Å². The zero-order valence-electron chi connectivity index (χ0n) is 13.8. The van der Waals surface area contributed by atoms with Gasteiger partial charge in [-0.15, -0.1) is 0 Å². The molecule has 1 aromatic carbocycles. The second-order valence-corrected chi connectivity index (χ2v) is 6.38. The normalized spacial score (nSPS) is 14.9. The number of nitrogens with zero attached hydrogens (tertiary/aromatic N) is 1. The minimum atomic E-state index is 0.695. The lowest BCUT2D eigenvalue weighted by Crippen LogP contribution is -2.30. The van der Waals surface area contributed by atoms with Gasteiger partial charge in [-0.25, -0.2) is 0 Å². The molecule has 118 valence electrons. The minimum absolute atomic E-state index is 0.695. The molecule has 0 atom stereocenters. The second-order valence-electron chi connectivity index (χ2n) is 6.38. The molecular weight excluding hydrogens is 260 g/mol. The van der Waals surface area contributed by atoms with Crippen molar-refractivity contribution in [2.75, 3.05) is 26.2 Å². The number of rotatable bonds is 10. The van der Waals surface area contributed by atoms with Gasteiger partial charge < -0.3 is 10.1 Å². The van der Waals surface area contributed by atoms with E-state index in [1.165, 1.54) is 18.4 Å². The van der Waals surface area contributed by atoms with E-state index in [1.54, 1.807) is 0 Å². The van der Waals surface area contributed by atoms with Crippen LogP contribution in [-0.4, -0.2) is 37.2 Å². The molecule has 0 amide bonds. The predicted octanol–water partition coefficient (Wildman–Crippen LogP) is 3.30. The summed E-state index contributed by atoms with van der Waals surface area (Å²) in [5.74, 6) is 1.68. The summed E-state index contributed by atoms with van der Waals surface area (Å²) in [6.07, 6.45) is 2.73. The maximum atomic E-state index is 5.85. The fraction of sp³-hybridized carbons (Fsp3) is 0.667. The lowest BCUT2D eigenvalue weighted by Gasteiger charge is -2.19. The minimum Gasteiger partial charge on any atom is -0.492 e. The second kappa shape index (κ2) is 8.40. The van der Waals surface area contributed by atoms with E-state index in [-0.39, 0.29) is 0 Å². The van der Waals surface area contributed by atoms with Gasteiger partial charge in [0.05, 0.1) is 0 Å². The van der Waals surface area contributed by atoms with Gasteiger partial charge in [0, 0.05) is 19.1 Å². The molecule has 1 N–H and O–H groups in total. The molecule has 0 saturated heterocycles. The molecule has 1 aliphatic carbocycles. The molecule has 3 nitrogen and oxygen atoms in total. The Morgan fingerprint density at radius 2 is 1.95 bits per heavy atom. The lowest BCUT2D eigenvalue weighted by molar-refractivity contribution is 0.209. The molecule has 0 bridgehead atoms. The highest BCUT2D eigenvalue weighted by Crippen LogP contribution is 2.26. The Morgan fingerprint density at radius 1 is 1.24 bits per heavy atom. The van der Waals surface area contributed by atoms with Crippen molar-refractivity contribution < 1.29 is 4.74 Å². The van der Waals surface area contributed by atoms with Crippen LogP contribution in [0.1, 0.15) is 39.2 Å². The van der Waals surface area contributed by atoms with Gasteiger partial charge in [0.15, 0.2) is 0 Å². The smallest absolute Gasteiger partial charge is 0.119 e. The summed E-state index contributed by atoms with van der Waals surface area (Å²) in [7, 11) is 0. The molecule has 0 radical (unpaired) electrons. The van der Waals surface area contributed by atoms with E-state index < -0.39 is 0 Å². The highest BCUT2D eigenvalue weighted by Gasteiger charge is 2.27. The molecule has 21 heavy (non-hydrogen) atoms. The fourth-order valence-corrected chi connectivity index (χ4v) is 2.53. The largest absolute Gasteiger partial charge is 0.492 e. The zero-order chi connectivity index (χ0) is 15.1. The maximum Gasteiger partial charge on any atom is 0.119 e. The first-order valence-corrected chi connectivity index (χ1v) is 8.35. The van der Waals surface area contributed by atoms with Gasteiger partial charge in [-0.1, -0.05) is 32.9 Å². The topological polar surface area (TPSA) is 24.5 Å². The third kappa shape index (κ3) is 6.06. The Kier molecular flexibility index (Phi) is 6.52. The van der Waals surface area contributed by atoms with Crippen molar-refractivity contribution in [1.29, 1.82) is 0 Å². The van der Waals surface area contributed by atoms with Crippen LogP contribution in [0.4, 0.5) is 0 Å². The van der Waals surface area contributed by atoms with E-state index in [9.17, 15) is 0 Å². The average molecular weight is 290 g/mol. The van der Waals surface area contributed by atoms with Crippen LogP contribution in [0.25, 0.3) is 0 Å². The first-order valence-electron chi connectivity index (χ1n) is 8.35. The fourth-order valence-electron chi connectivity index (χ4n) is 2.53. The van der Waals surface area contributed by atoms with Gasteiger partial charge >= 0.3 is 0 Å². The standard InChI is InChI=1S/C18H30N2O/c1-4-20(17-7-8-17)11-12-21-18-9-5-16(6-10-18)14-19-13-15(2)3/h5-6,9-10,15,17,19H,4,7-8,11-14H2,1-3H3. The molecule has 0 aromatic heterocycles. The van der Waals surface area contributed by atoms with Crippen LogP contribution in [0.3, 0.4) is 0 Å². The highest BCUT2D eigenvalue weighted by molar-refractivity contribution is 5.27. The van der Waals surface area contributed by atoms with Crippen molar-refractivity contribution in [2.24, 2.45) is 5.92 Å². The van der Waals surface area contributed by atoms with Gasteiger partial charge in [0.1, 0.15) is 12.4 Å². The molecule has 1 aliphatic rings. The summed E-state index contributed by atoms with van der Waals surface area (Å²) in [5, 5.41) is 3.46. The summed E-state index contributed by atoms with van der Waals surface area (Å²) in [6, 6.07) is 9.30. The van der Waals surface area contributed by atoms with Gasteiger partial charge in [-0.05, 0) is 49.5 Å². The molecule has 1 saturated carbocycles. The van der Waals surface area contributed by atoms with Crippen molar-refractivity contribution >= 4 is 0 Å². The van der Waals surface area contributed by atoms with Crippen molar-refractivity contribution in [3.63, 3.8) is 0 Å². The van der Waals surface area contributed by atoms with Gasteiger partial charge in [0.25, 0.3) is 0 Å². The Labute approximate surface area is 129 Å². The molecule has 2 rings (SSSR count). The average Bonchev–Trinajstić information content (AvgIpc) is 3.29. The molecule has 0 unspecified atom stereocenters. The Bertz CT molecular complexity index is 398. The summed E-state index contributed by atoms with van der Waals surface area (Å²) < 4.78 is 5.85. The summed E-state index contributed by atoms with van der Waals surface area (Å²) in [6.45, 7) is 11.6. The number of likely N-dealkylation sites (N-methyl/N-ethyl adjacent to an activating group) is 1. The number of hydrogen-bond donors (Lipinski definition) is 1. The van der Waals surface area contributed by atoms with E-state index in [0.29, 0.717) is 5.92 Å². The highest BCUT2D eigenvalue weighted by atomic mass is 16.5. The third-order valence-electron chi connectivity index (χ3n) is 3.92. The van der Waals surface area contributed by atoms with Crippen molar-refractivity contribution in [1.82, 2.24) is 10.2 Å². The maximum absolute atomic E-state index is 5.85. The zero-order valence-corrected chi connectivity index (χ0v) is 13.8. The van der Waals surface area contributed by atoms with E-state index in [2.05, 4.69) is 55.3 Å². The number of nitrogens with one attached hydrogen (secondary N) is 1. The van der Waals surface area contributed by atoms with Crippen LogP contribution in [-0.2, 0) is 6.54 Å². The van der Waals surface area contributed by atoms with Crippen molar-refractivity contribution in [3.8, 4) is 5.75 Å². The monoisotopic (exact) mass is 290 g/mol. The Hall–Kier alpha value is -1.06. The van der Waals surface area contributed by atoms with Crippen LogP contribution in [0, 0.1) is 5.92 Å². The number of benzene rings is 1. The molecule has 0 spiro atoms. The summed E-state index contributed by atoms with van der Waals surface area (Å²) >= 11 is 0. The molecule has 3 heteroatoms. The molecule has 1 aromatic rings. The number of ether oxygens (including phenoxy) is 1. The Morgan fingerprint density at radius 3 is 2.52 bits per heavy atom. The van der Waals surface area contributed by atoms with Crippen LogP contribution in [0.15, 0.2) is 24.3 Å². The van der Waals surface area contributed by atoms with Crippen molar-refractivity contribution in [3.05, 3.63) is 29.8 Å². The molecule has 0 aliphatic heterocycles. The van der Waals surface area contributed by atoms with Crippen molar-refractivity contribution in [2.45, 2.75) is 46.2 Å². The van der Waals surface area contributed by atoms with E-state index in [0.717, 1.165) is 44.6 Å². The molecule has 0 heterocycles. The van der Waals surface area contributed by atoms with Gasteiger partial charge in [-0.3, -0.25) is 4.90 Å². The SMILES string of the molecule is CCN(CCOc1ccc(CNCC(C)C)cc1)C1CC1. The summed E-state index contributed by atoms with van der Waals surface area (Å²) in [4.78, 5) is 2.52. The van der Waals surface area contributed by atoms with Gasteiger partial charge in [0.2, 0.25) is 0 Å². The summed E-state index contributed by atoms with van der Waals surface area (Å²) in [5.41, 5.74) is 1.32. The quantitative estimate of drug-likeness (QED) is 0.715. The number of hydrogen-bond acceptors (Lipinski definition) is 3. The molecule has 1 fully saturated rings. The van der Waals surface area contributed by atoms with Crippen LogP contribution in [0.5, 0.6) is 5.75 Å². The molecular formula is C18H30N2O. The van der Waals surface area contributed by atoms with E-state index >= 15 is 0 Å². The predicted molar refractivity (Wildman–Crippen MR) is 88.8 cm³/mol. The first-order chi connectivity index (χ1) is 10.2. The lowest BCUT2D eigenvalue weighted by atomic mass is 10.2. The van der Waals surface area contributed by atoms with E-state index in [4.69, 9.17) is 4.74 Å². The Balaban J connectivity index is 1.66. The van der Waals surface area contributed by atoms with Crippen LogP contribution >= 0.6 is 0 Å². The van der Waals surface area contributed by atoms with Gasteiger partial charge in [-0.2, -0.15) is 0 Å². The third-order valence-corrected chi connectivity index (χ3v) is 3.92. The van der Waals surface area contributed by atoms with Crippen LogP contribution in [0.2, 0.25) is 0 Å². The first kappa shape index (κ1) is 16.3. The van der Waals surface area contributed by atoms with E-state index in [1.807, 2.05) is 0 Å².